The molecule has 1 aliphatic carbocycles. The van der Waals surface area contributed by atoms with Gasteiger partial charge in [-0.15, -0.1) is 0 Å². The molecule has 1 aromatic rings. The molecule has 0 aromatic heterocycles. The second-order valence-electron chi connectivity index (χ2n) is 6.28. The van der Waals surface area contributed by atoms with E-state index in [1.807, 2.05) is 38.1 Å². The Balaban J connectivity index is 0.00000108. The molecule has 2 N–H and O–H groups in total. The molecule has 0 aliphatic heterocycles. The number of ether oxygens (including phenoxy) is 1. The van der Waals surface area contributed by atoms with Crippen molar-refractivity contribution >= 4 is 16.2 Å². The van der Waals surface area contributed by atoms with E-state index in [2.05, 4.69) is 4.72 Å². The van der Waals surface area contributed by atoms with Crippen LogP contribution in [0.1, 0.15) is 65.4 Å². The molecular weight excluding hydrogens is 380 g/mol. The van der Waals surface area contributed by atoms with Gasteiger partial charge in [0.15, 0.2) is 0 Å². The maximum Gasteiger partial charge on any atom is 0.300 e. The summed E-state index contributed by atoms with van der Waals surface area (Å²) < 4.78 is 33.5. The summed E-state index contributed by atoms with van der Waals surface area (Å²) in [4.78, 5) is 9.00. The average Bonchev–Trinajstić information content (AvgIpc) is 2.69. The van der Waals surface area contributed by atoms with Crippen LogP contribution in [-0.2, 0) is 21.5 Å². The molecule has 28 heavy (non-hydrogen) atoms. The van der Waals surface area contributed by atoms with Crippen LogP contribution in [-0.4, -0.2) is 43.5 Å². The number of nitrogens with zero attached hydrogens (tertiary/aromatic N) is 1. The molecule has 1 aromatic carbocycles. The Labute approximate surface area is 170 Å². The molecule has 0 heterocycles. The maximum absolute atomic E-state index is 11.9. The van der Waals surface area contributed by atoms with Crippen molar-refractivity contribution in [1.82, 2.24) is 9.03 Å². The Hall–Kier alpha value is -1.64. The minimum Gasteiger partial charge on any atom is -0.490 e. The number of benzene rings is 1. The number of aliphatic carboxylic acids is 1. The highest BCUT2D eigenvalue weighted by Crippen LogP contribution is 2.23. The lowest BCUT2D eigenvalue weighted by Crippen LogP contribution is -2.37. The molecule has 0 saturated heterocycles. The van der Waals surface area contributed by atoms with Crippen molar-refractivity contribution in [2.24, 2.45) is 0 Å². The minimum atomic E-state index is -3.39. The molecule has 0 radical (unpaired) electrons. The Morgan fingerprint density at radius 3 is 2.14 bits per heavy atom. The van der Waals surface area contributed by atoms with Crippen LogP contribution in [0.15, 0.2) is 24.3 Å². The SMILES string of the molecule is CC.CC(=O)O.CCN(C)S(=O)(=O)NCc1ccc(OC2CCCCC2)cc1. The number of carboxylic acids is 1. The first-order valence-corrected chi connectivity index (χ1v) is 11.3. The Bertz CT molecular complexity index is 637. The molecule has 8 heteroatoms. The summed E-state index contributed by atoms with van der Waals surface area (Å²) >= 11 is 0. The lowest BCUT2D eigenvalue weighted by atomic mass is 9.98. The Morgan fingerprint density at radius 1 is 1.18 bits per heavy atom. The zero-order valence-corrected chi connectivity index (χ0v) is 18.6. The van der Waals surface area contributed by atoms with Crippen molar-refractivity contribution < 1.29 is 23.1 Å². The number of carbonyl (C=O) groups is 1. The fraction of sp³-hybridized carbons (Fsp3) is 0.650. The van der Waals surface area contributed by atoms with Gasteiger partial charge in [-0.25, -0.2) is 0 Å². The Kier molecular flexibility index (Phi) is 13.5. The van der Waals surface area contributed by atoms with Crippen LogP contribution in [0.25, 0.3) is 0 Å². The Morgan fingerprint density at radius 2 is 1.68 bits per heavy atom. The van der Waals surface area contributed by atoms with E-state index in [0.29, 0.717) is 12.6 Å². The number of hydrogen-bond acceptors (Lipinski definition) is 4. The van der Waals surface area contributed by atoms with Gasteiger partial charge < -0.3 is 9.84 Å². The first-order chi connectivity index (χ1) is 13.2. The van der Waals surface area contributed by atoms with Crippen molar-refractivity contribution in [3.8, 4) is 5.75 Å². The van der Waals surface area contributed by atoms with Gasteiger partial charge >= 0.3 is 0 Å². The topological polar surface area (TPSA) is 95.9 Å². The maximum atomic E-state index is 11.9. The van der Waals surface area contributed by atoms with E-state index in [9.17, 15) is 8.42 Å². The van der Waals surface area contributed by atoms with Crippen molar-refractivity contribution in [2.45, 2.75) is 72.4 Å². The van der Waals surface area contributed by atoms with Gasteiger partial charge in [0.05, 0.1) is 6.10 Å². The van der Waals surface area contributed by atoms with Crippen molar-refractivity contribution in [2.75, 3.05) is 13.6 Å². The van der Waals surface area contributed by atoms with E-state index in [-0.39, 0.29) is 6.54 Å². The molecule has 0 amide bonds. The molecule has 1 fully saturated rings. The molecule has 0 atom stereocenters. The molecular formula is C20H36N2O5S. The van der Waals surface area contributed by atoms with Gasteiger partial charge in [-0.05, 0) is 43.4 Å². The number of rotatable bonds is 7. The quantitative estimate of drug-likeness (QED) is 0.705. The van der Waals surface area contributed by atoms with Crippen LogP contribution in [0.4, 0.5) is 0 Å². The largest absolute Gasteiger partial charge is 0.490 e. The van der Waals surface area contributed by atoms with Gasteiger partial charge in [0.1, 0.15) is 5.75 Å². The highest BCUT2D eigenvalue weighted by atomic mass is 32.2. The predicted molar refractivity (Wildman–Crippen MR) is 113 cm³/mol. The summed E-state index contributed by atoms with van der Waals surface area (Å²) in [5.41, 5.74) is 0.920. The molecule has 1 saturated carbocycles. The summed E-state index contributed by atoms with van der Waals surface area (Å²) in [6.45, 7) is 7.62. The van der Waals surface area contributed by atoms with E-state index in [0.717, 1.165) is 31.1 Å². The van der Waals surface area contributed by atoms with Gasteiger partial charge in [-0.3, -0.25) is 4.79 Å². The van der Waals surface area contributed by atoms with Crippen LogP contribution >= 0.6 is 0 Å². The van der Waals surface area contributed by atoms with Crippen LogP contribution in [0.2, 0.25) is 0 Å². The van der Waals surface area contributed by atoms with Gasteiger partial charge in [-0.2, -0.15) is 17.4 Å². The van der Waals surface area contributed by atoms with Crippen molar-refractivity contribution in [1.29, 1.82) is 0 Å². The van der Waals surface area contributed by atoms with Gasteiger partial charge in [0.25, 0.3) is 16.2 Å². The summed E-state index contributed by atoms with van der Waals surface area (Å²) in [5.74, 6) is 0.0317. The second kappa shape index (κ2) is 14.4. The van der Waals surface area contributed by atoms with Crippen molar-refractivity contribution in [3.05, 3.63) is 29.8 Å². The standard InChI is InChI=1S/C16H26N2O3S.C2H4O2.C2H6/c1-3-18(2)22(19,20)17-13-14-9-11-16(12-10-14)21-15-7-5-4-6-8-15;1-2(3)4;1-2/h9-12,15,17H,3-8,13H2,1-2H3;1H3,(H,3,4);1-2H3. The van der Waals surface area contributed by atoms with E-state index in [1.54, 1.807) is 14.0 Å². The first-order valence-electron chi connectivity index (χ1n) is 9.90. The van der Waals surface area contributed by atoms with Crippen LogP contribution in [0.5, 0.6) is 5.75 Å². The molecule has 7 nitrogen and oxygen atoms in total. The molecule has 162 valence electrons. The third-order valence-electron chi connectivity index (χ3n) is 4.09. The molecule has 2 rings (SSSR count). The summed E-state index contributed by atoms with van der Waals surface area (Å²) in [6, 6.07) is 7.66. The van der Waals surface area contributed by atoms with Gasteiger partial charge in [-0.1, -0.05) is 39.3 Å². The monoisotopic (exact) mass is 416 g/mol. The zero-order chi connectivity index (χ0) is 21.6. The van der Waals surface area contributed by atoms with Crippen LogP contribution in [0.3, 0.4) is 0 Å². The summed E-state index contributed by atoms with van der Waals surface area (Å²) in [7, 11) is -1.83. The van der Waals surface area contributed by atoms with E-state index < -0.39 is 16.2 Å². The zero-order valence-electron chi connectivity index (χ0n) is 17.8. The minimum absolute atomic E-state index is 0.288. The van der Waals surface area contributed by atoms with Crippen molar-refractivity contribution in [3.63, 3.8) is 0 Å². The van der Waals surface area contributed by atoms with E-state index in [4.69, 9.17) is 14.6 Å². The number of carboxylic acid groups (broad SMARTS) is 1. The third kappa shape index (κ3) is 11.3. The number of nitrogens with one attached hydrogen (secondary N) is 1. The van der Waals surface area contributed by atoms with Gasteiger partial charge in [0, 0.05) is 27.1 Å². The van der Waals surface area contributed by atoms with E-state index in [1.165, 1.54) is 23.6 Å². The fourth-order valence-electron chi connectivity index (χ4n) is 2.52. The number of hydrogen-bond donors (Lipinski definition) is 2. The van der Waals surface area contributed by atoms with Crippen LogP contribution in [0, 0.1) is 0 Å². The third-order valence-corrected chi connectivity index (χ3v) is 5.68. The lowest BCUT2D eigenvalue weighted by Gasteiger charge is -2.23. The second-order valence-corrected chi connectivity index (χ2v) is 8.14. The average molecular weight is 417 g/mol. The van der Waals surface area contributed by atoms with Gasteiger partial charge in [0.2, 0.25) is 0 Å². The first kappa shape index (κ1) is 26.4. The van der Waals surface area contributed by atoms with Crippen LogP contribution < -0.4 is 9.46 Å². The van der Waals surface area contributed by atoms with E-state index >= 15 is 0 Å². The fourth-order valence-corrected chi connectivity index (χ4v) is 3.43. The molecule has 0 spiro atoms. The summed E-state index contributed by atoms with van der Waals surface area (Å²) in [6.07, 6.45) is 6.39. The summed E-state index contributed by atoms with van der Waals surface area (Å²) in [5, 5.41) is 7.42. The molecule has 0 unspecified atom stereocenters. The lowest BCUT2D eigenvalue weighted by molar-refractivity contribution is -0.134. The highest BCUT2D eigenvalue weighted by molar-refractivity contribution is 7.87. The highest BCUT2D eigenvalue weighted by Gasteiger charge is 2.16. The normalized spacial score (nSPS) is 14.4. The molecule has 0 bridgehead atoms. The molecule has 1 aliphatic rings. The smallest absolute Gasteiger partial charge is 0.300 e. The predicted octanol–water partition coefficient (Wildman–Crippen LogP) is 3.80.